The third kappa shape index (κ3) is 8.71. The molecule has 2 heterocycles. The molecule has 0 N–H and O–H groups in total. The van der Waals surface area contributed by atoms with Crippen LogP contribution in [-0.4, -0.2) is 36.0 Å². The van der Waals surface area contributed by atoms with E-state index in [1.165, 1.54) is 30.4 Å². The molecule has 0 bridgehead atoms. The molecule has 2 aliphatic heterocycles. The van der Waals surface area contributed by atoms with Gasteiger partial charge in [-0.25, -0.2) is 0 Å². The van der Waals surface area contributed by atoms with Gasteiger partial charge in [0.05, 0.1) is 24.4 Å². The molecular weight excluding hydrogens is 436 g/mol. The predicted molar refractivity (Wildman–Crippen MR) is 140 cm³/mol. The molecule has 2 aromatic rings. The number of unbranched alkanes of at least 4 members (excludes halogenated alkanes) is 2. The highest BCUT2D eigenvalue weighted by atomic mass is 16.7. The summed E-state index contributed by atoms with van der Waals surface area (Å²) in [4.78, 5) is 0. The summed E-state index contributed by atoms with van der Waals surface area (Å²) >= 11 is 0. The van der Waals surface area contributed by atoms with Crippen molar-refractivity contribution in [3.63, 3.8) is 0 Å². The van der Waals surface area contributed by atoms with Crippen LogP contribution in [0, 0.1) is 0 Å². The average molecular weight is 481 g/mol. The molecule has 0 amide bonds. The molecule has 0 radical (unpaired) electrons. The van der Waals surface area contributed by atoms with Crippen LogP contribution >= 0.6 is 0 Å². The summed E-state index contributed by atoms with van der Waals surface area (Å²) in [5.74, 6) is -1.03. The van der Waals surface area contributed by atoms with E-state index in [1.54, 1.807) is 0 Å². The van der Waals surface area contributed by atoms with E-state index >= 15 is 0 Å². The lowest BCUT2D eigenvalue weighted by Gasteiger charge is -2.41. The summed E-state index contributed by atoms with van der Waals surface area (Å²) in [6.45, 7) is 8.20. The molecule has 4 nitrogen and oxygen atoms in total. The maximum atomic E-state index is 6.27. The standard InChI is InChI=1S/C31H44O4/c1-30(2)32-26(22-28(34-30)20-24-14-8-5-9-15-24)18-12-7-13-19-27-23-29(35-31(3,4)33-27)21-25-16-10-6-11-17-25/h5-6,8-11,14-17,26-29H,7,12-13,18-23H2,1-4H3/t26-,27-,28+,29+/m1/s1. The Morgan fingerprint density at radius 1 is 0.543 bits per heavy atom. The molecule has 35 heavy (non-hydrogen) atoms. The first-order chi connectivity index (χ1) is 16.8. The van der Waals surface area contributed by atoms with Gasteiger partial charge in [-0.1, -0.05) is 79.9 Å². The SMILES string of the molecule is CC1(C)O[C@H](CCCCC[C@@H]2C[C@H](Cc3ccccc3)OC(C)(C)O2)C[C@H](Cc2ccccc2)O1. The number of benzene rings is 2. The van der Waals surface area contributed by atoms with Gasteiger partial charge in [-0.2, -0.15) is 0 Å². The smallest absolute Gasteiger partial charge is 0.163 e. The van der Waals surface area contributed by atoms with Crippen LogP contribution in [0.3, 0.4) is 0 Å². The Balaban J connectivity index is 1.19. The normalized spacial score (nSPS) is 28.0. The minimum absolute atomic E-state index is 0.213. The van der Waals surface area contributed by atoms with Gasteiger partial charge in [0.15, 0.2) is 11.6 Å². The fraction of sp³-hybridized carbons (Fsp3) is 0.613. The molecule has 4 atom stereocenters. The number of rotatable bonds is 10. The molecule has 2 aromatic carbocycles. The number of hydrogen-bond acceptors (Lipinski definition) is 4. The van der Waals surface area contributed by atoms with Gasteiger partial charge in [0.25, 0.3) is 0 Å². The Hall–Kier alpha value is -1.72. The van der Waals surface area contributed by atoms with Gasteiger partial charge in [0, 0.05) is 12.8 Å². The molecule has 0 unspecified atom stereocenters. The summed E-state index contributed by atoms with van der Waals surface area (Å²) in [5, 5.41) is 0. The molecule has 192 valence electrons. The minimum Gasteiger partial charge on any atom is -0.347 e. The first-order valence-corrected chi connectivity index (χ1v) is 13.6. The summed E-state index contributed by atoms with van der Waals surface area (Å²) in [6, 6.07) is 21.3. The Kier molecular flexibility index (Phi) is 9.04. The van der Waals surface area contributed by atoms with E-state index in [-0.39, 0.29) is 24.4 Å². The van der Waals surface area contributed by atoms with Crippen molar-refractivity contribution >= 4 is 0 Å². The van der Waals surface area contributed by atoms with Crippen LogP contribution in [0.15, 0.2) is 60.7 Å². The zero-order valence-corrected chi connectivity index (χ0v) is 22.1. The van der Waals surface area contributed by atoms with Crippen molar-refractivity contribution in [3.8, 4) is 0 Å². The molecule has 2 saturated heterocycles. The Morgan fingerprint density at radius 2 is 0.914 bits per heavy atom. The quantitative estimate of drug-likeness (QED) is 0.336. The van der Waals surface area contributed by atoms with Crippen LogP contribution in [0.4, 0.5) is 0 Å². The van der Waals surface area contributed by atoms with Crippen molar-refractivity contribution < 1.29 is 18.9 Å². The largest absolute Gasteiger partial charge is 0.347 e. The summed E-state index contributed by atoms with van der Waals surface area (Å²) in [6.07, 6.45) is 10.5. The fourth-order valence-corrected chi connectivity index (χ4v) is 5.72. The highest BCUT2D eigenvalue weighted by Crippen LogP contribution is 2.33. The van der Waals surface area contributed by atoms with Crippen LogP contribution in [0.2, 0.25) is 0 Å². The van der Waals surface area contributed by atoms with Gasteiger partial charge in [0.2, 0.25) is 0 Å². The van der Waals surface area contributed by atoms with Crippen LogP contribution in [-0.2, 0) is 31.8 Å². The second kappa shape index (κ2) is 12.0. The molecule has 2 aliphatic rings. The van der Waals surface area contributed by atoms with Crippen LogP contribution in [0.1, 0.15) is 83.8 Å². The van der Waals surface area contributed by atoms with Crippen molar-refractivity contribution in [2.75, 3.05) is 0 Å². The lowest BCUT2D eigenvalue weighted by atomic mass is 9.96. The third-order valence-corrected chi connectivity index (χ3v) is 7.02. The third-order valence-electron chi connectivity index (χ3n) is 7.02. The topological polar surface area (TPSA) is 36.9 Å². The lowest BCUT2D eigenvalue weighted by Crippen LogP contribution is -2.45. The number of ether oxygens (including phenoxy) is 4. The van der Waals surface area contributed by atoms with Crippen molar-refractivity contribution in [3.05, 3.63) is 71.8 Å². The molecule has 4 rings (SSSR count). The van der Waals surface area contributed by atoms with E-state index in [0.717, 1.165) is 38.5 Å². The van der Waals surface area contributed by atoms with E-state index < -0.39 is 11.6 Å². The van der Waals surface area contributed by atoms with Crippen molar-refractivity contribution in [2.24, 2.45) is 0 Å². The van der Waals surface area contributed by atoms with E-state index in [1.807, 2.05) is 27.7 Å². The van der Waals surface area contributed by atoms with Gasteiger partial charge in [-0.3, -0.25) is 0 Å². The summed E-state index contributed by atoms with van der Waals surface area (Å²) in [5.41, 5.74) is 2.66. The van der Waals surface area contributed by atoms with Gasteiger partial charge in [-0.15, -0.1) is 0 Å². The van der Waals surface area contributed by atoms with Gasteiger partial charge in [-0.05, 0) is 64.5 Å². The Bertz CT molecular complexity index is 806. The fourth-order valence-electron chi connectivity index (χ4n) is 5.72. The van der Waals surface area contributed by atoms with Crippen LogP contribution in [0.5, 0.6) is 0 Å². The van der Waals surface area contributed by atoms with Crippen molar-refractivity contribution in [1.82, 2.24) is 0 Å². The van der Waals surface area contributed by atoms with Gasteiger partial charge >= 0.3 is 0 Å². The minimum atomic E-state index is -0.516. The maximum absolute atomic E-state index is 6.27. The second-order valence-electron chi connectivity index (χ2n) is 11.2. The first-order valence-electron chi connectivity index (χ1n) is 13.6. The zero-order chi connectivity index (χ0) is 24.7. The van der Waals surface area contributed by atoms with Gasteiger partial charge < -0.3 is 18.9 Å². The number of hydrogen-bond donors (Lipinski definition) is 0. The van der Waals surface area contributed by atoms with E-state index in [0.29, 0.717) is 0 Å². The highest BCUT2D eigenvalue weighted by molar-refractivity contribution is 5.16. The summed E-state index contributed by atoms with van der Waals surface area (Å²) in [7, 11) is 0. The lowest BCUT2D eigenvalue weighted by molar-refractivity contribution is -0.300. The molecule has 2 fully saturated rings. The monoisotopic (exact) mass is 480 g/mol. The Labute approximate surface area is 212 Å². The Morgan fingerprint density at radius 3 is 1.31 bits per heavy atom. The molecule has 0 aliphatic carbocycles. The highest BCUT2D eigenvalue weighted by Gasteiger charge is 2.36. The molecule has 4 heteroatoms. The second-order valence-corrected chi connectivity index (χ2v) is 11.2. The first kappa shape index (κ1) is 26.3. The maximum Gasteiger partial charge on any atom is 0.163 e. The van der Waals surface area contributed by atoms with Gasteiger partial charge in [0.1, 0.15) is 0 Å². The van der Waals surface area contributed by atoms with E-state index in [9.17, 15) is 0 Å². The van der Waals surface area contributed by atoms with Crippen molar-refractivity contribution in [1.29, 1.82) is 0 Å². The molecule has 0 spiro atoms. The molecule has 0 aromatic heterocycles. The average Bonchev–Trinajstić information content (AvgIpc) is 2.78. The molecule has 0 saturated carbocycles. The van der Waals surface area contributed by atoms with E-state index in [4.69, 9.17) is 18.9 Å². The predicted octanol–water partition coefficient (Wildman–Crippen LogP) is 7.24. The molecular formula is C31H44O4. The van der Waals surface area contributed by atoms with E-state index in [2.05, 4.69) is 60.7 Å². The van der Waals surface area contributed by atoms with Crippen LogP contribution in [0.25, 0.3) is 0 Å². The zero-order valence-electron chi connectivity index (χ0n) is 22.1. The van der Waals surface area contributed by atoms with Crippen LogP contribution < -0.4 is 0 Å². The van der Waals surface area contributed by atoms with Crippen molar-refractivity contribution in [2.45, 2.75) is 121 Å². The summed E-state index contributed by atoms with van der Waals surface area (Å²) < 4.78 is 25.0.